The second-order valence-electron chi connectivity index (χ2n) is 6.56. The molecule has 1 N–H and O–H groups in total. The molecule has 4 rings (SSSR count). The summed E-state index contributed by atoms with van der Waals surface area (Å²) in [7, 11) is 0. The van der Waals surface area contributed by atoms with E-state index in [0.717, 1.165) is 55.5 Å². The van der Waals surface area contributed by atoms with E-state index in [9.17, 15) is 4.79 Å². The summed E-state index contributed by atoms with van der Waals surface area (Å²) in [6, 6.07) is 8.35. The largest absolute Gasteiger partial charge is 0.379 e. The number of thiazole rings is 2. The Morgan fingerprint density at radius 3 is 2.68 bits per heavy atom. The Labute approximate surface area is 172 Å². The minimum Gasteiger partial charge on any atom is -0.379 e. The first kappa shape index (κ1) is 19.2. The fraction of sp³-hybridized carbons (Fsp3) is 0.350. The third kappa shape index (κ3) is 4.64. The molecule has 0 bridgehead atoms. The van der Waals surface area contributed by atoms with Gasteiger partial charge < -0.3 is 4.74 Å². The van der Waals surface area contributed by atoms with Crippen LogP contribution in [0.2, 0.25) is 0 Å². The van der Waals surface area contributed by atoms with E-state index in [0.29, 0.717) is 10.8 Å². The summed E-state index contributed by atoms with van der Waals surface area (Å²) < 4.78 is 5.36. The van der Waals surface area contributed by atoms with Crippen LogP contribution in [0.5, 0.6) is 0 Å². The zero-order valence-corrected chi connectivity index (χ0v) is 17.3. The van der Waals surface area contributed by atoms with Crippen LogP contribution in [0, 0.1) is 0 Å². The Kier molecular flexibility index (Phi) is 6.11. The molecule has 8 heteroatoms. The molecule has 0 atom stereocenters. The molecule has 146 valence electrons. The van der Waals surface area contributed by atoms with Gasteiger partial charge in [-0.1, -0.05) is 31.2 Å². The number of morpholine rings is 1. The second kappa shape index (κ2) is 8.91. The zero-order chi connectivity index (χ0) is 19.3. The van der Waals surface area contributed by atoms with Crippen LogP contribution in [-0.4, -0.2) is 47.1 Å². The molecule has 1 aliphatic heterocycles. The van der Waals surface area contributed by atoms with Crippen LogP contribution in [0.15, 0.2) is 35.0 Å². The molecular formula is C20H22N4O2S2. The lowest BCUT2D eigenvalue weighted by Gasteiger charge is -2.25. The Bertz CT molecular complexity index is 930. The van der Waals surface area contributed by atoms with Crippen molar-refractivity contribution in [2.45, 2.75) is 19.9 Å². The van der Waals surface area contributed by atoms with Crippen molar-refractivity contribution < 1.29 is 9.53 Å². The van der Waals surface area contributed by atoms with E-state index in [4.69, 9.17) is 4.74 Å². The molecule has 6 nitrogen and oxygen atoms in total. The van der Waals surface area contributed by atoms with Gasteiger partial charge in [0.2, 0.25) is 0 Å². The van der Waals surface area contributed by atoms with Crippen LogP contribution in [0.3, 0.4) is 0 Å². The van der Waals surface area contributed by atoms with Crippen LogP contribution in [-0.2, 0) is 17.7 Å². The number of benzene rings is 1. The van der Waals surface area contributed by atoms with Crippen molar-refractivity contribution in [3.8, 4) is 11.3 Å². The number of amides is 1. The molecule has 1 amide bonds. The van der Waals surface area contributed by atoms with E-state index in [2.05, 4.69) is 51.4 Å². The molecule has 1 aliphatic rings. The summed E-state index contributed by atoms with van der Waals surface area (Å²) in [5.41, 5.74) is 3.66. The number of carbonyl (C=O) groups excluding carboxylic acids is 1. The van der Waals surface area contributed by atoms with Gasteiger partial charge in [-0.2, -0.15) is 0 Å². The average Bonchev–Trinajstić information content (AvgIpc) is 3.39. The monoisotopic (exact) mass is 414 g/mol. The number of nitrogens with zero attached hydrogens (tertiary/aromatic N) is 3. The number of rotatable bonds is 6. The number of ether oxygens (including phenoxy) is 1. The summed E-state index contributed by atoms with van der Waals surface area (Å²) >= 11 is 2.94. The molecule has 3 aromatic rings. The third-order valence-corrected chi connectivity index (χ3v) is 6.22. The van der Waals surface area contributed by atoms with Crippen molar-refractivity contribution in [3.63, 3.8) is 0 Å². The first-order valence-electron chi connectivity index (χ1n) is 9.32. The lowest BCUT2D eigenvalue weighted by Crippen LogP contribution is -2.35. The Hall–Kier alpha value is -2.13. The highest BCUT2D eigenvalue weighted by Crippen LogP contribution is 2.26. The van der Waals surface area contributed by atoms with Gasteiger partial charge in [0.25, 0.3) is 5.91 Å². The summed E-state index contributed by atoms with van der Waals surface area (Å²) in [4.78, 5) is 23.8. The van der Waals surface area contributed by atoms with E-state index in [1.54, 1.807) is 0 Å². The van der Waals surface area contributed by atoms with Crippen molar-refractivity contribution in [3.05, 3.63) is 51.3 Å². The maximum atomic E-state index is 12.5. The van der Waals surface area contributed by atoms with E-state index < -0.39 is 0 Å². The van der Waals surface area contributed by atoms with Crippen LogP contribution in [0.25, 0.3) is 11.3 Å². The Balaban J connectivity index is 1.38. The number of hydrogen-bond donors (Lipinski definition) is 1. The zero-order valence-electron chi connectivity index (χ0n) is 15.7. The van der Waals surface area contributed by atoms with Crippen molar-refractivity contribution >= 4 is 33.7 Å². The standard InChI is InChI=1S/C20H22N4O2S2/c1-2-14-3-5-15(6-4-14)16-12-28-20(22-16)23-19(25)17-13-27-18(21-17)11-24-7-9-26-10-8-24/h3-6,12-13H,2,7-11H2,1H3,(H,22,23,25). The Morgan fingerprint density at radius 2 is 1.93 bits per heavy atom. The summed E-state index contributed by atoms with van der Waals surface area (Å²) in [6.45, 7) is 6.22. The fourth-order valence-corrected chi connectivity index (χ4v) is 4.50. The van der Waals surface area contributed by atoms with Crippen molar-refractivity contribution in [2.24, 2.45) is 0 Å². The summed E-state index contributed by atoms with van der Waals surface area (Å²) in [6.07, 6.45) is 1.01. The highest BCUT2D eigenvalue weighted by atomic mass is 32.1. The van der Waals surface area contributed by atoms with Crippen LogP contribution in [0.1, 0.15) is 28.0 Å². The van der Waals surface area contributed by atoms with E-state index in [1.807, 2.05) is 10.8 Å². The molecule has 0 unspecified atom stereocenters. The fourth-order valence-electron chi connectivity index (χ4n) is 2.97. The summed E-state index contributed by atoms with van der Waals surface area (Å²) in [5.74, 6) is -0.216. The number of carbonyl (C=O) groups is 1. The molecule has 1 aromatic carbocycles. The minimum absolute atomic E-state index is 0.216. The molecule has 0 saturated carbocycles. The smallest absolute Gasteiger partial charge is 0.276 e. The van der Waals surface area contributed by atoms with Crippen molar-refractivity contribution in [2.75, 3.05) is 31.6 Å². The van der Waals surface area contributed by atoms with Gasteiger partial charge in [-0.05, 0) is 12.0 Å². The van der Waals surface area contributed by atoms with Gasteiger partial charge in [0.15, 0.2) is 5.13 Å². The van der Waals surface area contributed by atoms with Crippen LogP contribution >= 0.6 is 22.7 Å². The molecule has 2 aromatic heterocycles. The van der Waals surface area contributed by atoms with E-state index in [1.165, 1.54) is 28.2 Å². The predicted molar refractivity (Wildman–Crippen MR) is 113 cm³/mol. The number of nitrogens with one attached hydrogen (secondary N) is 1. The molecular weight excluding hydrogens is 392 g/mol. The first-order valence-corrected chi connectivity index (χ1v) is 11.1. The highest BCUT2D eigenvalue weighted by Gasteiger charge is 2.16. The van der Waals surface area contributed by atoms with Crippen LogP contribution < -0.4 is 5.32 Å². The van der Waals surface area contributed by atoms with E-state index in [-0.39, 0.29) is 5.91 Å². The van der Waals surface area contributed by atoms with Gasteiger partial charge in [-0.3, -0.25) is 15.0 Å². The lowest BCUT2D eigenvalue weighted by atomic mass is 10.1. The number of aromatic nitrogens is 2. The summed E-state index contributed by atoms with van der Waals surface area (Å²) in [5, 5.41) is 8.17. The van der Waals surface area contributed by atoms with Gasteiger partial charge in [-0.15, -0.1) is 22.7 Å². The van der Waals surface area contributed by atoms with Gasteiger partial charge >= 0.3 is 0 Å². The molecule has 1 saturated heterocycles. The molecule has 28 heavy (non-hydrogen) atoms. The number of aryl methyl sites for hydroxylation is 1. The lowest BCUT2D eigenvalue weighted by molar-refractivity contribution is 0.0341. The average molecular weight is 415 g/mol. The second-order valence-corrected chi connectivity index (χ2v) is 8.36. The quantitative estimate of drug-likeness (QED) is 0.662. The Morgan fingerprint density at radius 1 is 1.14 bits per heavy atom. The molecule has 0 radical (unpaired) electrons. The minimum atomic E-state index is -0.216. The van der Waals surface area contributed by atoms with E-state index >= 15 is 0 Å². The normalized spacial score (nSPS) is 14.9. The maximum absolute atomic E-state index is 12.5. The number of hydrogen-bond acceptors (Lipinski definition) is 7. The molecule has 3 heterocycles. The number of anilines is 1. The van der Waals surface area contributed by atoms with Gasteiger partial charge in [0.05, 0.1) is 25.5 Å². The van der Waals surface area contributed by atoms with Gasteiger partial charge in [-0.25, -0.2) is 9.97 Å². The predicted octanol–water partition coefficient (Wildman–Crippen LogP) is 3.91. The molecule has 0 spiro atoms. The van der Waals surface area contributed by atoms with Crippen LogP contribution in [0.4, 0.5) is 5.13 Å². The maximum Gasteiger partial charge on any atom is 0.276 e. The van der Waals surface area contributed by atoms with Crippen molar-refractivity contribution in [1.82, 2.24) is 14.9 Å². The topological polar surface area (TPSA) is 67.4 Å². The highest BCUT2D eigenvalue weighted by molar-refractivity contribution is 7.14. The van der Waals surface area contributed by atoms with Gasteiger partial charge in [0, 0.05) is 29.4 Å². The SMILES string of the molecule is CCc1ccc(-c2csc(NC(=O)c3csc(CN4CCOCC4)n3)n2)cc1. The first-order chi connectivity index (χ1) is 13.7. The van der Waals surface area contributed by atoms with Gasteiger partial charge in [0.1, 0.15) is 10.7 Å². The third-order valence-electron chi connectivity index (χ3n) is 4.63. The van der Waals surface area contributed by atoms with Crippen molar-refractivity contribution in [1.29, 1.82) is 0 Å². The molecule has 0 aliphatic carbocycles. The molecule has 1 fully saturated rings.